The van der Waals surface area contributed by atoms with Crippen LogP contribution in [-0.2, 0) is 9.47 Å². The van der Waals surface area contributed by atoms with Crippen molar-refractivity contribution in [3.63, 3.8) is 0 Å². The van der Waals surface area contributed by atoms with Gasteiger partial charge in [-0.15, -0.1) is 0 Å². The molecule has 138 valence electrons. The number of ether oxygens (including phenoxy) is 3. The molecule has 3 rings (SSSR count). The standard InChI is InChI=1S/C19H26FNO4/c1-3-24-13-19-8-4-10-25-17(19)7-9-21(12-19)18(22)14-5-6-16(23-2)15(20)11-14/h5-6,11,17H,3-4,7-10,12-13H2,1-2H3/t17-,19-/m1/s1. The molecule has 0 spiro atoms. The van der Waals surface area contributed by atoms with Crippen molar-refractivity contribution in [3.8, 4) is 5.75 Å². The largest absolute Gasteiger partial charge is 0.494 e. The smallest absolute Gasteiger partial charge is 0.253 e. The molecule has 5 nitrogen and oxygen atoms in total. The third-order valence-corrected chi connectivity index (χ3v) is 5.27. The Balaban J connectivity index is 1.78. The summed E-state index contributed by atoms with van der Waals surface area (Å²) in [6, 6.07) is 4.36. The van der Waals surface area contributed by atoms with E-state index in [9.17, 15) is 9.18 Å². The van der Waals surface area contributed by atoms with Gasteiger partial charge in [-0.1, -0.05) is 0 Å². The highest BCUT2D eigenvalue weighted by Gasteiger charge is 2.47. The minimum Gasteiger partial charge on any atom is -0.494 e. The summed E-state index contributed by atoms with van der Waals surface area (Å²) in [6.45, 7) is 5.19. The minimum atomic E-state index is -0.520. The molecule has 0 N–H and O–H groups in total. The van der Waals surface area contributed by atoms with Gasteiger partial charge in [-0.2, -0.15) is 0 Å². The van der Waals surface area contributed by atoms with Gasteiger partial charge in [0.05, 0.1) is 19.8 Å². The van der Waals surface area contributed by atoms with Crippen LogP contribution in [-0.4, -0.2) is 56.9 Å². The summed E-state index contributed by atoms with van der Waals surface area (Å²) in [5.41, 5.74) is 0.188. The fourth-order valence-electron chi connectivity index (χ4n) is 3.96. The number of rotatable bonds is 5. The lowest BCUT2D eigenvalue weighted by Gasteiger charge is -2.50. The zero-order chi connectivity index (χ0) is 17.9. The highest BCUT2D eigenvalue weighted by molar-refractivity contribution is 5.94. The maximum absolute atomic E-state index is 14.0. The van der Waals surface area contributed by atoms with E-state index in [1.165, 1.54) is 19.2 Å². The van der Waals surface area contributed by atoms with E-state index < -0.39 is 5.82 Å². The molecule has 2 aliphatic rings. The maximum Gasteiger partial charge on any atom is 0.253 e. The molecule has 2 atom stereocenters. The molecule has 1 aromatic carbocycles. The highest BCUT2D eigenvalue weighted by Crippen LogP contribution is 2.40. The number of hydrogen-bond acceptors (Lipinski definition) is 4. The number of halogens is 1. The Morgan fingerprint density at radius 3 is 3.04 bits per heavy atom. The molecule has 1 aromatic rings. The van der Waals surface area contributed by atoms with Crippen molar-refractivity contribution < 1.29 is 23.4 Å². The van der Waals surface area contributed by atoms with Gasteiger partial charge in [0.25, 0.3) is 5.91 Å². The fraction of sp³-hybridized carbons (Fsp3) is 0.632. The Morgan fingerprint density at radius 2 is 2.32 bits per heavy atom. The van der Waals surface area contributed by atoms with Crippen molar-refractivity contribution in [1.82, 2.24) is 4.90 Å². The Bertz CT molecular complexity index is 623. The Labute approximate surface area is 148 Å². The normalized spacial score (nSPS) is 26.2. The first kappa shape index (κ1) is 18.1. The van der Waals surface area contributed by atoms with Crippen molar-refractivity contribution in [2.75, 3.05) is 40.0 Å². The number of fused-ring (bicyclic) bond motifs is 1. The number of benzene rings is 1. The molecular weight excluding hydrogens is 325 g/mol. The van der Waals surface area contributed by atoms with Crippen LogP contribution in [0.2, 0.25) is 0 Å². The van der Waals surface area contributed by atoms with Crippen molar-refractivity contribution in [1.29, 1.82) is 0 Å². The van der Waals surface area contributed by atoms with E-state index in [2.05, 4.69) is 0 Å². The summed E-state index contributed by atoms with van der Waals surface area (Å²) in [5, 5.41) is 0. The average Bonchev–Trinajstić information content (AvgIpc) is 2.65. The minimum absolute atomic E-state index is 0.129. The third-order valence-electron chi connectivity index (χ3n) is 5.27. The second kappa shape index (κ2) is 7.70. The summed E-state index contributed by atoms with van der Waals surface area (Å²) in [4.78, 5) is 14.7. The first-order chi connectivity index (χ1) is 12.1. The molecule has 2 aliphatic heterocycles. The molecule has 6 heteroatoms. The first-order valence-electron chi connectivity index (χ1n) is 8.92. The van der Waals surface area contributed by atoms with Gasteiger partial charge in [0.15, 0.2) is 11.6 Å². The predicted molar refractivity (Wildman–Crippen MR) is 91.4 cm³/mol. The Morgan fingerprint density at radius 1 is 1.48 bits per heavy atom. The molecule has 25 heavy (non-hydrogen) atoms. The Hall–Kier alpha value is -1.66. The zero-order valence-electron chi connectivity index (χ0n) is 14.9. The summed E-state index contributed by atoms with van der Waals surface area (Å²) in [7, 11) is 1.41. The fourth-order valence-corrected chi connectivity index (χ4v) is 3.96. The first-order valence-corrected chi connectivity index (χ1v) is 8.92. The lowest BCUT2D eigenvalue weighted by atomic mass is 9.73. The van der Waals surface area contributed by atoms with Crippen LogP contribution in [0.3, 0.4) is 0 Å². The number of hydrogen-bond donors (Lipinski definition) is 0. The quantitative estimate of drug-likeness (QED) is 0.818. The van der Waals surface area contributed by atoms with Gasteiger partial charge in [0.2, 0.25) is 0 Å². The maximum atomic E-state index is 14.0. The molecule has 0 unspecified atom stereocenters. The van der Waals surface area contributed by atoms with Crippen LogP contribution in [0.1, 0.15) is 36.5 Å². The summed E-state index contributed by atoms with van der Waals surface area (Å²) in [6.07, 6.45) is 2.88. The second-order valence-electron chi connectivity index (χ2n) is 6.83. The van der Waals surface area contributed by atoms with E-state index in [-0.39, 0.29) is 23.2 Å². The average molecular weight is 351 g/mol. The SMILES string of the molecule is CCOC[C@]12CCCO[C@@H]1CCN(C(=O)c1ccc(OC)c(F)c1)C2. The monoisotopic (exact) mass is 351 g/mol. The van der Waals surface area contributed by atoms with Gasteiger partial charge in [-0.25, -0.2) is 4.39 Å². The lowest BCUT2D eigenvalue weighted by molar-refractivity contribution is -0.146. The number of methoxy groups -OCH3 is 1. The van der Waals surface area contributed by atoms with Crippen LogP contribution < -0.4 is 4.74 Å². The van der Waals surface area contributed by atoms with E-state index >= 15 is 0 Å². The van der Waals surface area contributed by atoms with Gasteiger partial charge in [0.1, 0.15) is 0 Å². The summed E-state index contributed by atoms with van der Waals surface area (Å²) < 4.78 is 30.6. The van der Waals surface area contributed by atoms with Gasteiger partial charge in [-0.3, -0.25) is 4.79 Å². The van der Waals surface area contributed by atoms with Gasteiger partial charge >= 0.3 is 0 Å². The van der Waals surface area contributed by atoms with Crippen LogP contribution in [0.15, 0.2) is 18.2 Å². The van der Waals surface area contributed by atoms with Gasteiger partial charge in [-0.05, 0) is 44.4 Å². The highest BCUT2D eigenvalue weighted by atomic mass is 19.1. The molecule has 0 aliphatic carbocycles. The van der Waals surface area contributed by atoms with Crippen molar-refractivity contribution in [2.24, 2.45) is 5.41 Å². The van der Waals surface area contributed by atoms with Crippen molar-refractivity contribution in [3.05, 3.63) is 29.6 Å². The molecule has 0 bridgehead atoms. The topological polar surface area (TPSA) is 48.0 Å². The summed E-state index contributed by atoms with van der Waals surface area (Å²) >= 11 is 0. The third kappa shape index (κ3) is 3.65. The molecule has 2 heterocycles. The Kier molecular flexibility index (Phi) is 5.59. The zero-order valence-corrected chi connectivity index (χ0v) is 14.9. The van der Waals surface area contributed by atoms with Crippen molar-refractivity contribution in [2.45, 2.75) is 32.3 Å². The number of carbonyl (C=O) groups excluding carboxylic acids is 1. The summed E-state index contributed by atoms with van der Waals surface area (Å²) in [5.74, 6) is -0.529. The van der Waals surface area contributed by atoms with Crippen LogP contribution >= 0.6 is 0 Å². The number of carbonyl (C=O) groups is 1. The number of nitrogens with zero attached hydrogens (tertiary/aromatic N) is 1. The number of amides is 1. The molecule has 0 aromatic heterocycles. The molecule has 0 radical (unpaired) electrons. The molecule has 0 saturated carbocycles. The lowest BCUT2D eigenvalue weighted by Crippen LogP contribution is -2.58. The number of piperidine rings is 1. The van der Waals surface area contributed by atoms with E-state index in [0.717, 1.165) is 25.9 Å². The molecule has 1 amide bonds. The van der Waals surface area contributed by atoms with Crippen LogP contribution in [0.25, 0.3) is 0 Å². The second-order valence-corrected chi connectivity index (χ2v) is 6.83. The van der Waals surface area contributed by atoms with Gasteiger partial charge < -0.3 is 19.1 Å². The van der Waals surface area contributed by atoms with Gasteiger partial charge in [0, 0.05) is 37.3 Å². The van der Waals surface area contributed by atoms with E-state index in [4.69, 9.17) is 14.2 Å². The van der Waals surface area contributed by atoms with E-state index in [1.54, 1.807) is 6.07 Å². The molecular formula is C19H26FNO4. The molecule has 2 saturated heterocycles. The van der Waals surface area contributed by atoms with Crippen molar-refractivity contribution >= 4 is 5.91 Å². The number of likely N-dealkylation sites (tertiary alicyclic amines) is 1. The van der Waals surface area contributed by atoms with E-state index in [1.807, 2.05) is 11.8 Å². The van der Waals surface area contributed by atoms with Crippen LogP contribution in [0.4, 0.5) is 4.39 Å². The van der Waals surface area contributed by atoms with Crippen LogP contribution in [0, 0.1) is 11.2 Å². The van der Waals surface area contributed by atoms with Crippen LogP contribution in [0.5, 0.6) is 5.75 Å². The van der Waals surface area contributed by atoms with E-state index in [0.29, 0.717) is 31.9 Å². The predicted octanol–water partition coefficient (Wildman–Crippen LogP) is 2.88. The molecule has 2 fully saturated rings.